The van der Waals surface area contributed by atoms with Gasteiger partial charge in [-0.3, -0.25) is 4.79 Å². The van der Waals surface area contributed by atoms with Crippen LogP contribution in [0.4, 0.5) is 5.69 Å². The zero-order valence-corrected chi connectivity index (χ0v) is 11.3. The van der Waals surface area contributed by atoms with Crippen LogP contribution in [0.25, 0.3) is 0 Å². The van der Waals surface area contributed by atoms with Crippen molar-refractivity contribution < 1.29 is 9.53 Å². The molecule has 1 atom stereocenters. The summed E-state index contributed by atoms with van der Waals surface area (Å²) in [6.07, 6.45) is 3.22. The van der Waals surface area contributed by atoms with Gasteiger partial charge in [-0.2, -0.15) is 0 Å². The van der Waals surface area contributed by atoms with Gasteiger partial charge in [0.2, 0.25) is 0 Å². The molecule has 2 aliphatic rings. The lowest BCUT2D eigenvalue weighted by molar-refractivity contribution is 0.0723. The molecule has 19 heavy (non-hydrogen) atoms. The van der Waals surface area contributed by atoms with Crippen LogP contribution < -0.4 is 5.32 Å². The van der Waals surface area contributed by atoms with E-state index >= 15 is 0 Å². The van der Waals surface area contributed by atoms with E-state index in [0.29, 0.717) is 6.54 Å². The summed E-state index contributed by atoms with van der Waals surface area (Å²) in [6, 6.07) is 5.98. The Bertz CT molecular complexity index is 487. The number of nitrogens with one attached hydrogen (secondary N) is 1. The molecule has 3 rings (SSSR count). The number of nitrogens with zero attached hydrogens (tertiary/aromatic N) is 1. The maximum Gasteiger partial charge on any atom is 0.254 e. The number of hydrogen-bond acceptors (Lipinski definition) is 3. The molecular formula is C15H20N2O2. The Morgan fingerprint density at radius 2 is 2.37 bits per heavy atom. The second-order valence-corrected chi connectivity index (χ2v) is 5.26. The third-order valence-corrected chi connectivity index (χ3v) is 4.09. The Labute approximate surface area is 113 Å². The molecule has 1 aromatic rings. The minimum atomic E-state index is 0.153. The molecule has 4 heteroatoms. The molecule has 2 heterocycles. The summed E-state index contributed by atoms with van der Waals surface area (Å²) in [4.78, 5) is 14.5. The van der Waals surface area contributed by atoms with Crippen LogP contribution >= 0.6 is 0 Å². The van der Waals surface area contributed by atoms with E-state index in [9.17, 15) is 4.79 Å². The number of anilines is 1. The Morgan fingerprint density at radius 1 is 1.47 bits per heavy atom. The number of methoxy groups -OCH3 is 1. The lowest BCUT2D eigenvalue weighted by atomic mass is 9.97. The van der Waals surface area contributed by atoms with Crippen molar-refractivity contribution in [2.24, 2.45) is 0 Å². The zero-order chi connectivity index (χ0) is 13.2. The van der Waals surface area contributed by atoms with Crippen molar-refractivity contribution in [1.82, 2.24) is 4.90 Å². The third kappa shape index (κ3) is 2.32. The summed E-state index contributed by atoms with van der Waals surface area (Å²) in [7, 11) is 1.72. The molecule has 0 spiro atoms. The van der Waals surface area contributed by atoms with Gasteiger partial charge in [0.15, 0.2) is 0 Å². The van der Waals surface area contributed by atoms with Gasteiger partial charge in [-0.05, 0) is 37.0 Å². The quantitative estimate of drug-likeness (QED) is 0.883. The van der Waals surface area contributed by atoms with E-state index in [1.165, 1.54) is 5.56 Å². The smallest absolute Gasteiger partial charge is 0.254 e. The number of carbonyl (C=O) groups excluding carboxylic acids is 1. The third-order valence-electron chi connectivity index (χ3n) is 4.09. The summed E-state index contributed by atoms with van der Waals surface area (Å²) in [5, 5.41) is 3.37. The van der Waals surface area contributed by atoms with Crippen molar-refractivity contribution in [3.05, 3.63) is 29.3 Å². The molecule has 2 aliphatic heterocycles. The van der Waals surface area contributed by atoms with Crippen LogP contribution in [0.3, 0.4) is 0 Å². The minimum absolute atomic E-state index is 0.153. The Balaban J connectivity index is 1.84. The first-order chi connectivity index (χ1) is 9.29. The molecule has 1 saturated heterocycles. The van der Waals surface area contributed by atoms with Crippen LogP contribution in [0, 0.1) is 0 Å². The molecule has 1 fully saturated rings. The fourth-order valence-electron chi connectivity index (χ4n) is 2.99. The molecule has 1 amide bonds. The van der Waals surface area contributed by atoms with E-state index in [1.54, 1.807) is 7.11 Å². The van der Waals surface area contributed by atoms with Crippen LogP contribution in [0.1, 0.15) is 28.8 Å². The van der Waals surface area contributed by atoms with Gasteiger partial charge in [0, 0.05) is 38.0 Å². The van der Waals surface area contributed by atoms with Crippen LogP contribution in [0.2, 0.25) is 0 Å². The summed E-state index contributed by atoms with van der Waals surface area (Å²) in [6.45, 7) is 2.51. The highest BCUT2D eigenvalue weighted by Gasteiger charge is 2.28. The molecule has 4 nitrogen and oxygen atoms in total. The Hall–Kier alpha value is -1.55. The van der Waals surface area contributed by atoms with Crippen LogP contribution in [-0.4, -0.2) is 43.7 Å². The molecule has 0 radical (unpaired) electrons. The number of fused-ring (bicyclic) bond motifs is 1. The molecule has 0 saturated carbocycles. The normalized spacial score (nSPS) is 21.9. The monoisotopic (exact) mass is 260 g/mol. The van der Waals surface area contributed by atoms with Gasteiger partial charge in [-0.25, -0.2) is 0 Å². The fourth-order valence-corrected chi connectivity index (χ4v) is 2.99. The number of carbonyl (C=O) groups is 1. The first-order valence-electron chi connectivity index (χ1n) is 6.97. The van der Waals surface area contributed by atoms with Crippen molar-refractivity contribution >= 4 is 11.6 Å². The van der Waals surface area contributed by atoms with E-state index in [4.69, 9.17) is 4.74 Å². The molecule has 0 aliphatic carbocycles. The highest BCUT2D eigenvalue weighted by atomic mass is 16.5. The molecular weight excluding hydrogens is 240 g/mol. The minimum Gasteiger partial charge on any atom is -0.385 e. The predicted octanol–water partition coefficient (Wildman–Crippen LogP) is 1.91. The average molecular weight is 260 g/mol. The van der Waals surface area contributed by atoms with Gasteiger partial charge in [0.1, 0.15) is 0 Å². The second-order valence-electron chi connectivity index (χ2n) is 5.26. The first-order valence-corrected chi connectivity index (χ1v) is 6.97. The predicted molar refractivity (Wildman–Crippen MR) is 74.6 cm³/mol. The van der Waals surface area contributed by atoms with E-state index in [2.05, 4.69) is 11.4 Å². The maximum atomic E-state index is 12.6. The lowest BCUT2D eigenvalue weighted by Gasteiger charge is -2.23. The number of ether oxygens (including phenoxy) is 1. The highest BCUT2D eigenvalue weighted by Crippen LogP contribution is 2.27. The van der Waals surface area contributed by atoms with Gasteiger partial charge < -0.3 is 15.0 Å². The summed E-state index contributed by atoms with van der Waals surface area (Å²) < 4.78 is 5.33. The summed E-state index contributed by atoms with van der Waals surface area (Å²) in [5.41, 5.74) is 3.17. The second kappa shape index (κ2) is 5.21. The lowest BCUT2D eigenvalue weighted by Crippen LogP contribution is -2.31. The van der Waals surface area contributed by atoms with Gasteiger partial charge in [-0.1, -0.05) is 6.07 Å². The van der Waals surface area contributed by atoms with Crippen molar-refractivity contribution in [1.29, 1.82) is 0 Å². The molecule has 1 N–H and O–H groups in total. The van der Waals surface area contributed by atoms with Gasteiger partial charge in [0.25, 0.3) is 5.91 Å². The number of hydrogen-bond donors (Lipinski definition) is 1. The zero-order valence-electron chi connectivity index (χ0n) is 11.3. The molecule has 1 unspecified atom stereocenters. The summed E-state index contributed by atoms with van der Waals surface area (Å²) in [5.74, 6) is 0.153. The van der Waals surface area contributed by atoms with Gasteiger partial charge >= 0.3 is 0 Å². The summed E-state index contributed by atoms with van der Waals surface area (Å²) >= 11 is 0. The molecule has 0 bridgehead atoms. The number of likely N-dealkylation sites (tertiary alicyclic amines) is 1. The van der Waals surface area contributed by atoms with Gasteiger partial charge in [-0.15, -0.1) is 0 Å². The SMILES string of the molecule is COC1CCN(C(=O)c2cccc3c2CCCN3)C1. The first kappa shape index (κ1) is 12.5. The number of rotatable bonds is 2. The number of benzene rings is 1. The molecule has 102 valence electrons. The highest BCUT2D eigenvalue weighted by molar-refractivity contribution is 5.97. The van der Waals surface area contributed by atoms with E-state index in [-0.39, 0.29) is 12.0 Å². The topological polar surface area (TPSA) is 41.6 Å². The standard InChI is InChI=1S/C15H20N2O2/c1-19-11-7-9-17(10-11)15(18)13-4-2-6-14-12(13)5-3-8-16-14/h2,4,6,11,16H,3,5,7-10H2,1H3. The van der Waals surface area contributed by atoms with Crippen molar-refractivity contribution in [3.63, 3.8) is 0 Å². The van der Waals surface area contributed by atoms with Crippen molar-refractivity contribution in [2.45, 2.75) is 25.4 Å². The largest absolute Gasteiger partial charge is 0.385 e. The van der Waals surface area contributed by atoms with Crippen LogP contribution in [0.5, 0.6) is 0 Å². The van der Waals surface area contributed by atoms with Gasteiger partial charge in [0.05, 0.1) is 6.10 Å². The van der Waals surface area contributed by atoms with Crippen molar-refractivity contribution in [3.8, 4) is 0 Å². The maximum absolute atomic E-state index is 12.6. The van der Waals surface area contributed by atoms with Crippen LogP contribution in [-0.2, 0) is 11.2 Å². The average Bonchev–Trinajstić information content (AvgIpc) is 2.95. The number of amides is 1. The molecule has 1 aromatic carbocycles. The van der Waals surface area contributed by atoms with E-state index in [1.807, 2.05) is 17.0 Å². The fraction of sp³-hybridized carbons (Fsp3) is 0.533. The van der Waals surface area contributed by atoms with Crippen molar-refractivity contribution in [2.75, 3.05) is 32.1 Å². The Morgan fingerprint density at radius 3 is 3.16 bits per heavy atom. The molecule has 0 aromatic heterocycles. The Kier molecular flexibility index (Phi) is 3.42. The van der Waals surface area contributed by atoms with E-state index < -0.39 is 0 Å². The van der Waals surface area contributed by atoms with E-state index in [0.717, 1.165) is 43.6 Å². The van der Waals surface area contributed by atoms with Crippen LogP contribution in [0.15, 0.2) is 18.2 Å².